The monoisotopic (exact) mass is 640 g/mol. The van der Waals surface area contributed by atoms with Crippen molar-refractivity contribution in [1.29, 1.82) is 5.41 Å². The molecule has 46 heavy (non-hydrogen) atoms. The van der Waals surface area contributed by atoms with Gasteiger partial charge < -0.3 is 10.6 Å². The molecule has 236 valence electrons. The number of nitrogens with two attached hydrogens (primary N) is 1. The number of hydrogen-bond donors (Lipinski definition) is 2. The van der Waals surface area contributed by atoms with Gasteiger partial charge in [0.25, 0.3) is 0 Å². The highest BCUT2D eigenvalue weighted by molar-refractivity contribution is 7.16. The number of anilines is 2. The summed E-state index contributed by atoms with van der Waals surface area (Å²) < 4.78 is 15.1. The number of nitrogen functional groups attached to an aromatic ring is 1. The number of amides is 2. The zero-order valence-corrected chi connectivity index (χ0v) is 26.1. The lowest BCUT2D eigenvalue weighted by Gasteiger charge is -2.28. The number of aromatic nitrogens is 5. The minimum Gasteiger partial charge on any atom is -0.397 e. The van der Waals surface area contributed by atoms with Crippen LogP contribution in [0.1, 0.15) is 35.5 Å². The normalized spacial score (nSPS) is 20.1. The Bertz CT molecular complexity index is 1870. The first-order chi connectivity index (χ1) is 22.2. The van der Waals surface area contributed by atoms with Crippen molar-refractivity contribution in [3.8, 4) is 10.7 Å². The maximum Gasteiger partial charge on any atom is 0.237 e. The fourth-order valence-corrected chi connectivity index (χ4v) is 7.35. The number of carbonyl (C=O) groups excluding carboxylic acids is 2. The third kappa shape index (κ3) is 5.58. The summed E-state index contributed by atoms with van der Waals surface area (Å²) in [5, 5.41) is 13.9. The summed E-state index contributed by atoms with van der Waals surface area (Å²) in [6.45, 7) is 3.08. The molecule has 0 radical (unpaired) electrons. The van der Waals surface area contributed by atoms with E-state index in [1.165, 1.54) is 24.3 Å². The van der Waals surface area contributed by atoms with Crippen molar-refractivity contribution in [3.63, 3.8) is 0 Å². The van der Waals surface area contributed by atoms with Gasteiger partial charge in [-0.25, -0.2) is 19.3 Å². The van der Waals surface area contributed by atoms with E-state index in [4.69, 9.17) is 11.1 Å². The lowest BCUT2D eigenvalue weighted by Crippen LogP contribution is -2.43. The van der Waals surface area contributed by atoms with Crippen molar-refractivity contribution in [2.75, 3.05) is 49.9 Å². The molecule has 0 unspecified atom stereocenters. The number of likely N-dealkylation sites (tertiary alicyclic amines) is 1. The Kier molecular flexibility index (Phi) is 7.69. The molecular formula is C32H33FN10O2S. The topological polar surface area (TPSA) is 150 Å². The number of nitrogens with one attached hydrogen (secondary N) is 1. The van der Waals surface area contributed by atoms with Gasteiger partial charge in [-0.2, -0.15) is 5.10 Å². The number of hydrogen-bond acceptors (Lipinski definition) is 10. The van der Waals surface area contributed by atoms with E-state index in [-0.39, 0.29) is 29.8 Å². The number of benzene rings is 1. The molecule has 2 saturated heterocycles. The van der Waals surface area contributed by atoms with Crippen molar-refractivity contribution in [3.05, 3.63) is 77.1 Å². The molecule has 1 spiro atoms. The molecule has 4 aromatic rings. The molecule has 2 fully saturated rings. The van der Waals surface area contributed by atoms with E-state index in [2.05, 4.69) is 31.0 Å². The van der Waals surface area contributed by atoms with E-state index < -0.39 is 11.2 Å². The van der Waals surface area contributed by atoms with Crippen LogP contribution >= 0.6 is 11.3 Å². The summed E-state index contributed by atoms with van der Waals surface area (Å²) in [5.41, 5.74) is 7.80. The highest BCUT2D eigenvalue weighted by Gasteiger charge is 2.51. The van der Waals surface area contributed by atoms with Crippen LogP contribution in [0.2, 0.25) is 0 Å². The van der Waals surface area contributed by atoms with E-state index in [9.17, 15) is 14.0 Å². The zero-order chi connectivity index (χ0) is 32.0. The second-order valence-corrected chi connectivity index (χ2v) is 13.1. The minimum absolute atomic E-state index is 0.0201. The van der Waals surface area contributed by atoms with Crippen molar-refractivity contribution in [2.45, 2.75) is 19.3 Å². The minimum atomic E-state index is -0.575. The van der Waals surface area contributed by atoms with Gasteiger partial charge >= 0.3 is 0 Å². The molecule has 3 N–H and O–H groups in total. The molecule has 0 aliphatic carbocycles. The van der Waals surface area contributed by atoms with Gasteiger partial charge in [-0.1, -0.05) is 6.08 Å². The van der Waals surface area contributed by atoms with Crippen LogP contribution in [-0.4, -0.2) is 91.3 Å². The SMILES string of the molecule is Cn1cnc(-c2cnc(C3=CCN(C(=O)CN4CC[C@]5(CCN(c6ccc(N)c(C(=N)c7ccc(F)cc7)n6)C5=O)C4)CC3)s2)n1. The number of carbonyl (C=O) groups is 2. The summed E-state index contributed by atoms with van der Waals surface area (Å²) in [6.07, 6.45) is 7.59. The first-order valence-electron chi connectivity index (χ1n) is 15.1. The van der Waals surface area contributed by atoms with Crippen LogP contribution in [0.3, 0.4) is 0 Å². The Labute approximate surface area is 268 Å². The Morgan fingerprint density at radius 2 is 1.91 bits per heavy atom. The first-order valence-corrected chi connectivity index (χ1v) is 16.0. The van der Waals surface area contributed by atoms with Crippen LogP contribution in [0.5, 0.6) is 0 Å². The fourth-order valence-electron chi connectivity index (χ4n) is 6.43. The molecule has 3 aromatic heterocycles. The molecule has 1 aromatic carbocycles. The Balaban J connectivity index is 0.966. The zero-order valence-electron chi connectivity index (χ0n) is 25.3. The molecule has 0 bridgehead atoms. The quantitative estimate of drug-likeness (QED) is 0.293. The van der Waals surface area contributed by atoms with Crippen LogP contribution in [0.25, 0.3) is 16.3 Å². The molecule has 6 heterocycles. The lowest BCUT2D eigenvalue weighted by atomic mass is 9.85. The van der Waals surface area contributed by atoms with Gasteiger partial charge in [0.05, 0.1) is 28.2 Å². The number of thiazole rings is 1. The van der Waals surface area contributed by atoms with E-state index >= 15 is 0 Å². The molecule has 7 rings (SSSR count). The van der Waals surface area contributed by atoms with Crippen molar-refractivity contribution < 1.29 is 14.0 Å². The lowest BCUT2D eigenvalue weighted by molar-refractivity contribution is -0.132. The summed E-state index contributed by atoms with van der Waals surface area (Å²) in [5.74, 6) is 0.731. The number of aryl methyl sites for hydroxylation is 1. The Morgan fingerprint density at radius 1 is 1.11 bits per heavy atom. The average molecular weight is 641 g/mol. The van der Waals surface area contributed by atoms with Crippen LogP contribution in [0.15, 0.2) is 55.0 Å². The Morgan fingerprint density at radius 3 is 2.65 bits per heavy atom. The van der Waals surface area contributed by atoms with E-state index in [1.807, 2.05) is 11.9 Å². The molecule has 12 nitrogen and oxygen atoms in total. The van der Waals surface area contributed by atoms with Crippen LogP contribution < -0.4 is 10.6 Å². The number of nitrogens with zero attached hydrogens (tertiary/aromatic N) is 8. The van der Waals surface area contributed by atoms with Gasteiger partial charge in [0.2, 0.25) is 11.8 Å². The molecule has 0 saturated carbocycles. The van der Waals surface area contributed by atoms with Gasteiger partial charge in [-0.15, -0.1) is 11.3 Å². The second kappa shape index (κ2) is 11.8. The predicted molar refractivity (Wildman–Crippen MR) is 173 cm³/mol. The van der Waals surface area contributed by atoms with Gasteiger partial charge in [-0.3, -0.25) is 29.5 Å². The van der Waals surface area contributed by atoms with Crippen molar-refractivity contribution in [2.24, 2.45) is 12.5 Å². The highest BCUT2D eigenvalue weighted by atomic mass is 32.1. The molecule has 14 heteroatoms. The van der Waals surface area contributed by atoms with Crippen molar-refractivity contribution in [1.82, 2.24) is 34.5 Å². The summed E-state index contributed by atoms with van der Waals surface area (Å²) in [6, 6.07) is 8.93. The summed E-state index contributed by atoms with van der Waals surface area (Å²) in [4.78, 5) is 47.1. The predicted octanol–water partition coefficient (Wildman–Crippen LogP) is 3.22. The number of halogens is 1. The molecular weight excluding hydrogens is 607 g/mol. The van der Waals surface area contributed by atoms with Gasteiger partial charge in [0, 0.05) is 45.0 Å². The third-order valence-electron chi connectivity index (χ3n) is 9.02. The van der Waals surface area contributed by atoms with E-state index in [1.54, 1.807) is 45.6 Å². The maximum absolute atomic E-state index is 13.8. The van der Waals surface area contributed by atoms with E-state index in [0.29, 0.717) is 68.5 Å². The first kappa shape index (κ1) is 29.9. The number of rotatable bonds is 7. The molecule has 2 amide bonds. The number of pyridine rings is 1. The summed E-state index contributed by atoms with van der Waals surface area (Å²) >= 11 is 1.55. The second-order valence-electron chi connectivity index (χ2n) is 12.0. The third-order valence-corrected chi connectivity index (χ3v) is 10.1. The molecule has 1 atom stereocenters. The van der Waals surface area contributed by atoms with E-state index in [0.717, 1.165) is 21.9 Å². The van der Waals surface area contributed by atoms with Crippen LogP contribution in [0.4, 0.5) is 15.9 Å². The average Bonchev–Trinajstić information content (AvgIpc) is 3.87. The molecule has 3 aliphatic rings. The van der Waals surface area contributed by atoms with Gasteiger partial charge in [-0.05, 0) is 67.8 Å². The maximum atomic E-state index is 13.8. The Hall–Kier alpha value is -4.82. The van der Waals surface area contributed by atoms with Crippen molar-refractivity contribution >= 4 is 45.9 Å². The van der Waals surface area contributed by atoms with Gasteiger partial charge in [0.15, 0.2) is 5.82 Å². The smallest absolute Gasteiger partial charge is 0.237 e. The standard InChI is InChI=1S/C32H33FN10O2S/c1-40-19-37-29(39-40)24-16-36-30(46-24)21-8-12-42(13-9-21)26(44)17-41-14-10-32(18-41)11-15-43(31(32)45)25-7-6-23(34)28(38-25)27(35)20-2-4-22(33)5-3-20/h2-8,16,19,35H,9-15,17-18,34H2,1H3/t32-/m0/s1. The van der Waals surface area contributed by atoms with Crippen LogP contribution in [-0.2, 0) is 16.6 Å². The van der Waals surface area contributed by atoms with Crippen LogP contribution in [0, 0.1) is 16.6 Å². The molecule has 3 aliphatic heterocycles. The summed E-state index contributed by atoms with van der Waals surface area (Å²) in [7, 11) is 1.83. The largest absolute Gasteiger partial charge is 0.397 e. The van der Waals surface area contributed by atoms with Gasteiger partial charge in [0.1, 0.15) is 28.7 Å². The highest BCUT2D eigenvalue weighted by Crippen LogP contribution is 2.42. The fraction of sp³-hybridized carbons (Fsp3) is 0.344.